The van der Waals surface area contributed by atoms with E-state index in [1.54, 1.807) is 61.6 Å². The highest BCUT2D eigenvalue weighted by molar-refractivity contribution is 6.30. The fourth-order valence-corrected chi connectivity index (χ4v) is 3.54. The highest BCUT2D eigenvalue weighted by atomic mass is 35.5. The molecule has 30 heavy (non-hydrogen) atoms. The van der Waals surface area contributed by atoms with E-state index in [9.17, 15) is 9.59 Å². The van der Waals surface area contributed by atoms with Crippen LogP contribution in [0.2, 0.25) is 5.02 Å². The van der Waals surface area contributed by atoms with E-state index in [4.69, 9.17) is 21.1 Å². The lowest BCUT2D eigenvalue weighted by molar-refractivity contribution is -0.121. The highest BCUT2D eigenvalue weighted by Gasteiger charge is 2.28. The Balaban J connectivity index is 1.55. The molecule has 2 aromatic carbocycles. The first kappa shape index (κ1) is 21.9. The van der Waals surface area contributed by atoms with Crippen molar-refractivity contribution in [2.75, 3.05) is 45.7 Å². The van der Waals surface area contributed by atoms with Crippen LogP contribution in [-0.4, -0.2) is 68.1 Å². The standard InChI is InChI=1S/C22H26ClN3O4/c1-15(21(27)24-18-8-9-19(29-2)20(14-18)30-3)25-10-12-26(13-11-25)22(28)16-4-6-17(23)7-5-16/h4-9,14-15H,10-13H2,1-3H3,(H,24,27). The van der Waals surface area contributed by atoms with E-state index >= 15 is 0 Å². The minimum Gasteiger partial charge on any atom is -0.493 e. The summed E-state index contributed by atoms with van der Waals surface area (Å²) in [5.74, 6) is 1.02. The van der Waals surface area contributed by atoms with Crippen LogP contribution >= 0.6 is 11.6 Å². The van der Waals surface area contributed by atoms with E-state index in [0.717, 1.165) is 0 Å². The minimum atomic E-state index is -0.328. The SMILES string of the molecule is COc1ccc(NC(=O)C(C)N2CCN(C(=O)c3ccc(Cl)cc3)CC2)cc1OC. The third kappa shape index (κ3) is 5.04. The van der Waals surface area contributed by atoms with Gasteiger partial charge >= 0.3 is 0 Å². The van der Waals surface area contributed by atoms with Crippen LogP contribution < -0.4 is 14.8 Å². The minimum absolute atomic E-state index is 0.0197. The van der Waals surface area contributed by atoms with Crippen molar-refractivity contribution in [1.82, 2.24) is 9.80 Å². The van der Waals surface area contributed by atoms with Crippen LogP contribution in [0.1, 0.15) is 17.3 Å². The molecule has 1 aliphatic heterocycles. The normalized spacial score (nSPS) is 15.4. The maximum atomic E-state index is 12.7. The van der Waals surface area contributed by atoms with E-state index in [0.29, 0.717) is 54.0 Å². The third-order valence-electron chi connectivity index (χ3n) is 5.27. The number of nitrogens with zero attached hydrogens (tertiary/aromatic N) is 2. The Bertz CT molecular complexity index is 896. The van der Waals surface area contributed by atoms with E-state index in [1.165, 1.54) is 0 Å². The van der Waals surface area contributed by atoms with Gasteiger partial charge in [0.25, 0.3) is 5.91 Å². The summed E-state index contributed by atoms with van der Waals surface area (Å²) in [4.78, 5) is 29.2. The van der Waals surface area contributed by atoms with Crippen molar-refractivity contribution in [3.05, 3.63) is 53.1 Å². The quantitative estimate of drug-likeness (QED) is 0.760. The number of carbonyl (C=O) groups is 2. The summed E-state index contributed by atoms with van der Waals surface area (Å²) in [7, 11) is 3.12. The molecule has 0 spiro atoms. The Hall–Kier alpha value is -2.77. The molecule has 0 aliphatic carbocycles. The number of methoxy groups -OCH3 is 2. The number of carbonyl (C=O) groups excluding carboxylic acids is 2. The number of nitrogens with one attached hydrogen (secondary N) is 1. The van der Waals surface area contributed by atoms with Crippen molar-refractivity contribution in [2.45, 2.75) is 13.0 Å². The number of piperazine rings is 1. The molecular formula is C22H26ClN3O4. The smallest absolute Gasteiger partial charge is 0.253 e. The lowest BCUT2D eigenvalue weighted by atomic mass is 10.1. The van der Waals surface area contributed by atoms with Crippen molar-refractivity contribution in [1.29, 1.82) is 0 Å². The average Bonchev–Trinajstić information content (AvgIpc) is 2.78. The number of halogens is 1. The lowest BCUT2D eigenvalue weighted by Crippen LogP contribution is -2.54. The topological polar surface area (TPSA) is 71.1 Å². The molecule has 160 valence electrons. The molecule has 1 fully saturated rings. The van der Waals surface area contributed by atoms with E-state index in [-0.39, 0.29) is 17.9 Å². The zero-order chi connectivity index (χ0) is 21.7. The maximum Gasteiger partial charge on any atom is 0.253 e. The monoisotopic (exact) mass is 431 g/mol. The fraction of sp³-hybridized carbons (Fsp3) is 0.364. The van der Waals surface area contributed by atoms with Gasteiger partial charge in [0.05, 0.1) is 20.3 Å². The molecule has 3 rings (SSSR count). The van der Waals surface area contributed by atoms with Gasteiger partial charge in [-0.3, -0.25) is 14.5 Å². The number of rotatable bonds is 6. The lowest BCUT2D eigenvalue weighted by Gasteiger charge is -2.37. The van der Waals surface area contributed by atoms with Gasteiger partial charge in [-0.2, -0.15) is 0 Å². The molecule has 2 aromatic rings. The van der Waals surface area contributed by atoms with Gasteiger partial charge in [0, 0.05) is 48.5 Å². The Morgan fingerprint density at radius 1 is 0.967 bits per heavy atom. The molecule has 7 nitrogen and oxygen atoms in total. The van der Waals surface area contributed by atoms with Crippen LogP contribution in [0.5, 0.6) is 11.5 Å². The predicted molar refractivity (Wildman–Crippen MR) is 117 cm³/mol. The van der Waals surface area contributed by atoms with E-state index in [1.807, 2.05) is 6.92 Å². The Labute approximate surface area is 181 Å². The summed E-state index contributed by atoms with van der Waals surface area (Å²) >= 11 is 5.89. The van der Waals surface area contributed by atoms with Crippen LogP contribution in [0, 0.1) is 0 Å². The van der Waals surface area contributed by atoms with E-state index < -0.39 is 0 Å². The first-order valence-electron chi connectivity index (χ1n) is 9.74. The molecule has 1 unspecified atom stereocenters. The van der Waals surface area contributed by atoms with Gasteiger partial charge in [-0.15, -0.1) is 0 Å². The molecule has 0 saturated carbocycles. The molecule has 1 N–H and O–H groups in total. The zero-order valence-electron chi connectivity index (χ0n) is 17.4. The molecule has 0 aromatic heterocycles. The molecule has 1 heterocycles. The molecule has 1 saturated heterocycles. The number of anilines is 1. The van der Waals surface area contributed by atoms with Crippen LogP contribution in [-0.2, 0) is 4.79 Å². The third-order valence-corrected chi connectivity index (χ3v) is 5.52. The van der Waals surface area contributed by atoms with Gasteiger partial charge < -0.3 is 19.7 Å². The Morgan fingerprint density at radius 3 is 2.20 bits per heavy atom. The number of hydrogen-bond donors (Lipinski definition) is 1. The van der Waals surface area contributed by atoms with E-state index in [2.05, 4.69) is 10.2 Å². The predicted octanol–water partition coefficient (Wildman–Crippen LogP) is 3.14. The summed E-state index contributed by atoms with van der Waals surface area (Å²) in [6.07, 6.45) is 0. The molecule has 2 amide bonds. The first-order chi connectivity index (χ1) is 14.4. The van der Waals surface area contributed by atoms with Gasteiger partial charge in [-0.25, -0.2) is 0 Å². The summed E-state index contributed by atoms with van der Waals surface area (Å²) in [6.45, 7) is 4.25. The second-order valence-electron chi connectivity index (χ2n) is 7.07. The van der Waals surface area contributed by atoms with Gasteiger partial charge in [0.2, 0.25) is 5.91 Å². The fourth-order valence-electron chi connectivity index (χ4n) is 3.41. The molecule has 0 bridgehead atoms. The summed E-state index contributed by atoms with van der Waals surface area (Å²) in [5, 5.41) is 3.52. The highest BCUT2D eigenvalue weighted by Crippen LogP contribution is 2.29. The second-order valence-corrected chi connectivity index (χ2v) is 7.51. The van der Waals surface area contributed by atoms with Crippen LogP contribution in [0.25, 0.3) is 0 Å². The molecule has 1 aliphatic rings. The largest absolute Gasteiger partial charge is 0.493 e. The number of ether oxygens (including phenoxy) is 2. The van der Waals surface area contributed by atoms with Crippen molar-refractivity contribution in [3.8, 4) is 11.5 Å². The van der Waals surface area contributed by atoms with Gasteiger partial charge in [-0.1, -0.05) is 11.6 Å². The first-order valence-corrected chi connectivity index (χ1v) is 10.1. The van der Waals surface area contributed by atoms with Crippen molar-refractivity contribution < 1.29 is 19.1 Å². The average molecular weight is 432 g/mol. The van der Waals surface area contributed by atoms with Gasteiger partial charge in [0.1, 0.15) is 0 Å². The van der Waals surface area contributed by atoms with Crippen molar-refractivity contribution in [3.63, 3.8) is 0 Å². The van der Waals surface area contributed by atoms with Crippen LogP contribution in [0.3, 0.4) is 0 Å². The molecule has 8 heteroatoms. The number of amides is 2. The maximum absolute atomic E-state index is 12.7. The summed E-state index contributed by atoms with van der Waals surface area (Å²) < 4.78 is 10.5. The van der Waals surface area contributed by atoms with Crippen molar-refractivity contribution >= 4 is 29.1 Å². The second kappa shape index (κ2) is 9.82. The summed E-state index contributed by atoms with van der Waals surface area (Å²) in [6, 6.07) is 11.8. The number of hydrogen-bond acceptors (Lipinski definition) is 5. The van der Waals surface area contributed by atoms with Gasteiger partial charge in [-0.05, 0) is 43.3 Å². The van der Waals surface area contributed by atoms with Crippen molar-refractivity contribution in [2.24, 2.45) is 0 Å². The number of benzene rings is 2. The Morgan fingerprint density at radius 2 is 1.60 bits per heavy atom. The summed E-state index contributed by atoms with van der Waals surface area (Å²) in [5.41, 5.74) is 1.26. The molecule has 1 atom stereocenters. The molecule has 0 radical (unpaired) electrons. The van der Waals surface area contributed by atoms with Gasteiger partial charge in [0.15, 0.2) is 11.5 Å². The molecular weight excluding hydrogens is 406 g/mol. The Kier molecular flexibility index (Phi) is 7.18. The van der Waals surface area contributed by atoms with Crippen LogP contribution in [0.15, 0.2) is 42.5 Å². The van der Waals surface area contributed by atoms with Crippen LogP contribution in [0.4, 0.5) is 5.69 Å². The zero-order valence-corrected chi connectivity index (χ0v) is 18.1.